The van der Waals surface area contributed by atoms with Crippen LogP contribution in [0.25, 0.3) is 0 Å². The van der Waals surface area contributed by atoms with E-state index in [1.165, 1.54) is 6.07 Å². The van der Waals surface area contributed by atoms with Gasteiger partial charge in [-0.25, -0.2) is 4.39 Å². The Balaban J connectivity index is 3.23. The maximum atomic E-state index is 12.8. The summed E-state index contributed by atoms with van der Waals surface area (Å²) in [7, 11) is 0. The van der Waals surface area contributed by atoms with Gasteiger partial charge in [-0.1, -0.05) is 26.8 Å². The van der Waals surface area contributed by atoms with Gasteiger partial charge >= 0.3 is 0 Å². The first-order valence-corrected chi connectivity index (χ1v) is 4.03. The van der Waals surface area contributed by atoms with Crippen LogP contribution in [0.15, 0.2) is 18.2 Å². The summed E-state index contributed by atoms with van der Waals surface area (Å²) in [6.07, 6.45) is 0. The summed E-state index contributed by atoms with van der Waals surface area (Å²) in [6, 6.07) is 4.72. The van der Waals surface area contributed by atoms with Crippen LogP contribution in [0.3, 0.4) is 0 Å². The molecule has 0 saturated heterocycles. The van der Waals surface area contributed by atoms with Crippen LogP contribution in [-0.2, 0) is 5.41 Å². The van der Waals surface area contributed by atoms with Gasteiger partial charge in [0.1, 0.15) is 5.82 Å². The zero-order valence-electron chi connectivity index (χ0n) is 7.82. The molecule has 0 nitrogen and oxygen atoms in total. The summed E-state index contributed by atoms with van der Waals surface area (Å²) in [4.78, 5) is 0. The van der Waals surface area contributed by atoms with Crippen molar-refractivity contribution >= 4 is 0 Å². The van der Waals surface area contributed by atoms with Crippen LogP contribution in [0.5, 0.6) is 0 Å². The van der Waals surface area contributed by atoms with Crippen molar-refractivity contribution in [2.24, 2.45) is 0 Å². The average Bonchev–Trinajstić information content (AvgIpc) is 1.92. The fraction of sp³-hybridized carbons (Fsp3) is 0.364. The highest BCUT2D eigenvalue weighted by Gasteiger charge is 2.16. The van der Waals surface area contributed by atoms with Gasteiger partial charge in [-0.2, -0.15) is 0 Å². The molecule has 1 radical (unpaired) electrons. The molecule has 0 aliphatic carbocycles. The number of hydrogen-bond donors (Lipinski definition) is 0. The Labute approximate surface area is 73.4 Å². The van der Waals surface area contributed by atoms with Gasteiger partial charge in [-0.05, 0) is 35.6 Å². The molecule has 0 fully saturated rings. The van der Waals surface area contributed by atoms with E-state index in [-0.39, 0.29) is 11.2 Å². The molecule has 0 spiro atoms. The molecule has 0 atom stereocenters. The highest BCUT2D eigenvalue weighted by Crippen LogP contribution is 2.25. The standard InChI is InChI=1S/C11H14F/c1-8-5-6-9(12)7-10(8)11(2,3)4/h5-7H,1H2,2-4H3. The minimum absolute atomic E-state index is 0.0286. The molecule has 0 heterocycles. The molecule has 65 valence electrons. The second-order valence-electron chi connectivity index (χ2n) is 4.05. The maximum Gasteiger partial charge on any atom is 0.123 e. The smallest absolute Gasteiger partial charge is 0.123 e. The molecule has 1 rings (SSSR count). The molecular weight excluding hydrogens is 151 g/mol. The highest BCUT2D eigenvalue weighted by atomic mass is 19.1. The number of halogens is 1. The third kappa shape index (κ3) is 1.84. The van der Waals surface area contributed by atoms with Gasteiger partial charge in [0.15, 0.2) is 0 Å². The van der Waals surface area contributed by atoms with Gasteiger partial charge in [0.2, 0.25) is 0 Å². The van der Waals surface area contributed by atoms with E-state index < -0.39 is 0 Å². The molecule has 0 N–H and O–H groups in total. The van der Waals surface area contributed by atoms with E-state index in [1.54, 1.807) is 12.1 Å². The predicted molar refractivity (Wildman–Crippen MR) is 49.6 cm³/mol. The molecule has 12 heavy (non-hydrogen) atoms. The Morgan fingerprint density at radius 3 is 2.25 bits per heavy atom. The number of hydrogen-bond acceptors (Lipinski definition) is 0. The van der Waals surface area contributed by atoms with E-state index in [2.05, 4.69) is 27.7 Å². The number of rotatable bonds is 0. The minimum Gasteiger partial charge on any atom is -0.207 e. The summed E-state index contributed by atoms with van der Waals surface area (Å²) in [5.41, 5.74) is 1.85. The van der Waals surface area contributed by atoms with E-state index in [4.69, 9.17) is 0 Å². The van der Waals surface area contributed by atoms with Crippen molar-refractivity contribution in [2.75, 3.05) is 0 Å². The quantitative estimate of drug-likeness (QED) is 0.553. The van der Waals surface area contributed by atoms with E-state index in [1.807, 2.05) is 0 Å². The molecule has 0 aromatic heterocycles. The SMILES string of the molecule is [CH2]c1ccc(F)cc1C(C)(C)C. The van der Waals surface area contributed by atoms with Crippen molar-refractivity contribution in [3.63, 3.8) is 0 Å². The Morgan fingerprint density at radius 2 is 1.83 bits per heavy atom. The van der Waals surface area contributed by atoms with E-state index in [0.29, 0.717) is 0 Å². The Hall–Kier alpha value is -0.850. The molecule has 0 aliphatic rings. The normalized spacial score (nSPS) is 11.8. The van der Waals surface area contributed by atoms with Crippen LogP contribution in [0, 0.1) is 12.7 Å². The van der Waals surface area contributed by atoms with Crippen LogP contribution in [0.2, 0.25) is 0 Å². The Kier molecular flexibility index (Phi) is 2.22. The van der Waals surface area contributed by atoms with E-state index in [0.717, 1.165) is 11.1 Å². The molecule has 0 bridgehead atoms. The maximum absolute atomic E-state index is 12.8. The molecule has 0 amide bonds. The first-order valence-electron chi connectivity index (χ1n) is 4.03. The lowest BCUT2D eigenvalue weighted by Crippen LogP contribution is -2.13. The van der Waals surface area contributed by atoms with Crippen LogP contribution < -0.4 is 0 Å². The lowest BCUT2D eigenvalue weighted by atomic mass is 9.84. The minimum atomic E-state index is -0.188. The van der Waals surface area contributed by atoms with Crippen LogP contribution in [0.4, 0.5) is 4.39 Å². The molecular formula is C11H14F. The number of benzene rings is 1. The Morgan fingerprint density at radius 1 is 1.25 bits per heavy atom. The van der Waals surface area contributed by atoms with Crippen molar-refractivity contribution in [1.82, 2.24) is 0 Å². The lowest BCUT2D eigenvalue weighted by molar-refractivity contribution is 0.570. The predicted octanol–water partition coefficient (Wildman–Crippen LogP) is 3.31. The van der Waals surface area contributed by atoms with Crippen molar-refractivity contribution in [1.29, 1.82) is 0 Å². The molecule has 0 unspecified atom stereocenters. The van der Waals surface area contributed by atoms with Crippen molar-refractivity contribution < 1.29 is 4.39 Å². The summed E-state index contributed by atoms with van der Waals surface area (Å²) in [5, 5.41) is 0. The lowest BCUT2D eigenvalue weighted by Gasteiger charge is -2.21. The van der Waals surface area contributed by atoms with Gasteiger partial charge in [-0.15, -0.1) is 0 Å². The first-order chi connectivity index (χ1) is 5.41. The molecule has 0 saturated carbocycles. The Bertz CT molecular complexity index is 282. The van der Waals surface area contributed by atoms with Crippen LogP contribution in [0.1, 0.15) is 31.9 Å². The zero-order chi connectivity index (χ0) is 9.35. The van der Waals surface area contributed by atoms with Gasteiger partial charge in [0.05, 0.1) is 0 Å². The highest BCUT2D eigenvalue weighted by molar-refractivity contribution is 5.35. The molecule has 0 aliphatic heterocycles. The van der Waals surface area contributed by atoms with Gasteiger partial charge in [0, 0.05) is 0 Å². The first kappa shape index (κ1) is 9.24. The summed E-state index contributed by atoms with van der Waals surface area (Å²) in [5.74, 6) is -0.188. The third-order valence-electron chi connectivity index (χ3n) is 1.88. The fourth-order valence-corrected chi connectivity index (χ4v) is 1.25. The topological polar surface area (TPSA) is 0 Å². The van der Waals surface area contributed by atoms with Crippen molar-refractivity contribution in [2.45, 2.75) is 26.2 Å². The third-order valence-corrected chi connectivity index (χ3v) is 1.88. The van der Waals surface area contributed by atoms with Crippen molar-refractivity contribution in [3.8, 4) is 0 Å². The van der Waals surface area contributed by atoms with Crippen LogP contribution in [-0.4, -0.2) is 0 Å². The van der Waals surface area contributed by atoms with Gasteiger partial charge < -0.3 is 0 Å². The molecule has 1 heteroatoms. The van der Waals surface area contributed by atoms with Crippen LogP contribution >= 0.6 is 0 Å². The fourth-order valence-electron chi connectivity index (χ4n) is 1.25. The van der Waals surface area contributed by atoms with E-state index in [9.17, 15) is 4.39 Å². The summed E-state index contributed by atoms with van der Waals surface area (Å²) < 4.78 is 12.8. The second kappa shape index (κ2) is 2.89. The summed E-state index contributed by atoms with van der Waals surface area (Å²) in [6.45, 7) is 10.0. The van der Waals surface area contributed by atoms with Gasteiger partial charge in [-0.3, -0.25) is 0 Å². The molecule has 1 aromatic rings. The van der Waals surface area contributed by atoms with Crippen molar-refractivity contribution in [3.05, 3.63) is 42.1 Å². The second-order valence-corrected chi connectivity index (χ2v) is 4.05. The zero-order valence-corrected chi connectivity index (χ0v) is 7.82. The monoisotopic (exact) mass is 165 g/mol. The summed E-state index contributed by atoms with van der Waals surface area (Å²) >= 11 is 0. The average molecular weight is 165 g/mol. The molecule has 1 aromatic carbocycles. The largest absolute Gasteiger partial charge is 0.207 e. The van der Waals surface area contributed by atoms with Gasteiger partial charge in [0.25, 0.3) is 0 Å². The van der Waals surface area contributed by atoms with E-state index >= 15 is 0 Å².